The van der Waals surface area contributed by atoms with Gasteiger partial charge in [0.1, 0.15) is 0 Å². The van der Waals surface area contributed by atoms with Crippen molar-refractivity contribution in [2.24, 2.45) is 5.92 Å². The van der Waals surface area contributed by atoms with Crippen molar-refractivity contribution in [3.05, 3.63) is 36.0 Å². The van der Waals surface area contributed by atoms with Crippen LogP contribution in [-0.4, -0.2) is 30.5 Å². The van der Waals surface area contributed by atoms with Crippen molar-refractivity contribution in [3.8, 4) is 0 Å². The fourth-order valence-corrected chi connectivity index (χ4v) is 2.62. The summed E-state index contributed by atoms with van der Waals surface area (Å²) in [5.74, 6) is 0.925. The molecule has 1 aliphatic carbocycles. The summed E-state index contributed by atoms with van der Waals surface area (Å²) in [6.07, 6.45) is 6.66. The van der Waals surface area contributed by atoms with E-state index in [1.807, 2.05) is 6.07 Å². The van der Waals surface area contributed by atoms with Gasteiger partial charge < -0.3 is 15.6 Å². The lowest BCUT2D eigenvalue weighted by Gasteiger charge is -2.06. The van der Waals surface area contributed by atoms with E-state index >= 15 is 0 Å². The first-order valence-electron chi connectivity index (χ1n) is 7.85. The Morgan fingerprint density at radius 1 is 1.27 bits per heavy atom. The van der Waals surface area contributed by atoms with Crippen LogP contribution in [0.5, 0.6) is 0 Å². The molecule has 0 atom stereocenters. The molecule has 0 saturated heterocycles. The molecule has 0 radical (unpaired) electrons. The molecule has 1 aromatic carbocycles. The fraction of sp³-hybridized carbons (Fsp3) is 0.471. The zero-order valence-electron chi connectivity index (χ0n) is 12.7. The largest absolute Gasteiger partial charge is 0.361 e. The summed E-state index contributed by atoms with van der Waals surface area (Å²) in [7, 11) is 0. The van der Waals surface area contributed by atoms with Crippen LogP contribution in [0.25, 0.3) is 10.9 Å². The molecule has 1 aliphatic rings. The predicted octanol–water partition coefficient (Wildman–Crippen LogP) is 2.64. The minimum Gasteiger partial charge on any atom is -0.361 e. The van der Waals surface area contributed by atoms with Gasteiger partial charge in [0.15, 0.2) is 0 Å². The molecule has 1 aromatic heterocycles. The number of benzene rings is 1. The minimum atomic E-state index is 0. The first kappa shape index (κ1) is 16.8. The number of amides is 1. The summed E-state index contributed by atoms with van der Waals surface area (Å²) in [5, 5.41) is 7.47. The number of halogens is 1. The number of nitrogens with one attached hydrogen (secondary N) is 3. The van der Waals surface area contributed by atoms with Gasteiger partial charge in [0, 0.05) is 23.6 Å². The summed E-state index contributed by atoms with van der Waals surface area (Å²) in [6, 6.07) is 8.33. The maximum absolute atomic E-state index is 11.6. The van der Waals surface area contributed by atoms with Crippen molar-refractivity contribution in [2.45, 2.75) is 25.7 Å². The van der Waals surface area contributed by atoms with Gasteiger partial charge in [-0.25, -0.2) is 0 Å². The van der Waals surface area contributed by atoms with Gasteiger partial charge in [-0.1, -0.05) is 18.2 Å². The van der Waals surface area contributed by atoms with Crippen LogP contribution >= 0.6 is 12.4 Å². The number of fused-ring (bicyclic) bond motifs is 1. The smallest absolute Gasteiger partial charge is 0.233 e. The molecule has 1 heterocycles. The van der Waals surface area contributed by atoms with E-state index in [4.69, 9.17) is 0 Å². The van der Waals surface area contributed by atoms with Crippen molar-refractivity contribution >= 4 is 29.2 Å². The second kappa shape index (κ2) is 8.20. The number of aryl methyl sites for hydroxylation is 1. The fourth-order valence-electron chi connectivity index (χ4n) is 2.62. The molecule has 22 heavy (non-hydrogen) atoms. The standard InChI is InChI=1S/C17H23N3O.ClH/c21-17(12-18-10-13-7-8-13)19-9-3-4-14-11-20-16-6-2-1-5-15(14)16;/h1-2,5-6,11,13,18,20H,3-4,7-10,12H2,(H,19,21);1H. The van der Waals surface area contributed by atoms with Gasteiger partial charge in [-0.15, -0.1) is 12.4 Å². The summed E-state index contributed by atoms with van der Waals surface area (Å²) < 4.78 is 0. The van der Waals surface area contributed by atoms with E-state index in [9.17, 15) is 4.79 Å². The van der Waals surface area contributed by atoms with E-state index in [1.54, 1.807) is 0 Å². The lowest BCUT2D eigenvalue weighted by molar-refractivity contribution is -0.120. The highest BCUT2D eigenvalue weighted by atomic mass is 35.5. The Balaban J connectivity index is 0.00000176. The second-order valence-electron chi connectivity index (χ2n) is 5.89. The van der Waals surface area contributed by atoms with Gasteiger partial charge in [-0.3, -0.25) is 4.79 Å². The van der Waals surface area contributed by atoms with Crippen molar-refractivity contribution in [3.63, 3.8) is 0 Å². The molecular formula is C17H24ClN3O. The average molecular weight is 322 g/mol. The normalized spacial score (nSPS) is 13.8. The number of rotatable bonds is 8. The maximum atomic E-state index is 11.6. The molecular weight excluding hydrogens is 298 g/mol. The quantitative estimate of drug-likeness (QED) is 0.655. The van der Waals surface area contributed by atoms with Crippen LogP contribution < -0.4 is 10.6 Å². The molecule has 0 spiro atoms. The molecule has 1 fully saturated rings. The van der Waals surface area contributed by atoms with Crippen LogP contribution in [0, 0.1) is 5.92 Å². The molecule has 0 bridgehead atoms. The van der Waals surface area contributed by atoms with E-state index in [1.165, 1.54) is 29.3 Å². The second-order valence-corrected chi connectivity index (χ2v) is 5.89. The van der Waals surface area contributed by atoms with Crippen molar-refractivity contribution in [2.75, 3.05) is 19.6 Å². The third-order valence-corrected chi connectivity index (χ3v) is 4.04. The number of H-pyrrole nitrogens is 1. The third-order valence-electron chi connectivity index (χ3n) is 4.04. The minimum absolute atomic E-state index is 0. The number of hydrogen-bond acceptors (Lipinski definition) is 2. The number of aromatic nitrogens is 1. The van der Waals surface area contributed by atoms with Gasteiger partial charge in [0.05, 0.1) is 6.54 Å². The first-order valence-corrected chi connectivity index (χ1v) is 7.85. The highest BCUT2D eigenvalue weighted by Gasteiger charge is 2.20. The lowest BCUT2D eigenvalue weighted by Crippen LogP contribution is -2.35. The number of para-hydroxylation sites is 1. The Bertz CT molecular complexity index is 607. The molecule has 0 unspecified atom stereocenters. The molecule has 1 amide bonds. The maximum Gasteiger partial charge on any atom is 0.233 e. The highest BCUT2D eigenvalue weighted by Crippen LogP contribution is 2.27. The summed E-state index contributed by atoms with van der Waals surface area (Å²) in [5.41, 5.74) is 2.51. The third kappa shape index (κ3) is 4.75. The van der Waals surface area contributed by atoms with E-state index in [0.717, 1.165) is 31.8 Å². The molecule has 4 nitrogen and oxygen atoms in total. The van der Waals surface area contributed by atoms with Crippen LogP contribution in [0.3, 0.4) is 0 Å². The van der Waals surface area contributed by atoms with E-state index < -0.39 is 0 Å². The molecule has 120 valence electrons. The van der Waals surface area contributed by atoms with Crippen LogP contribution in [0.2, 0.25) is 0 Å². The molecule has 3 N–H and O–H groups in total. The number of aromatic amines is 1. The SMILES string of the molecule is Cl.O=C(CNCC1CC1)NCCCc1c[nH]c2ccccc12. The lowest BCUT2D eigenvalue weighted by atomic mass is 10.1. The average Bonchev–Trinajstić information content (AvgIpc) is 3.23. The molecule has 0 aliphatic heterocycles. The summed E-state index contributed by atoms with van der Waals surface area (Å²) >= 11 is 0. The van der Waals surface area contributed by atoms with Gasteiger partial charge >= 0.3 is 0 Å². The van der Waals surface area contributed by atoms with E-state index in [0.29, 0.717) is 6.54 Å². The number of carbonyl (C=O) groups excluding carboxylic acids is 1. The van der Waals surface area contributed by atoms with Crippen molar-refractivity contribution in [1.82, 2.24) is 15.6 Å². The van der Waals surface area contributed by atoms with Crippen molar-refractivity contribution in [1.29, 1.82) is 0 Å². The topological polar surface area (TPSA) is 56.9 Å². The van der Waals surface area contributed by atoms with Gasteiger partial charge in [-0.05, 0) is 49.8 Å². The Kier molecular flexibility index (Phi) is 6.28. The van der Waals surface area contributed by atoms with Gasteiger partial charge in [0.2, 0.25) is 5.91 Å². The molecule has 1 saturated carbocycles. The predicted molar refractivity (Wildman–Crippen MR) is 92.5 cm³/mol. The van der Waals surface area contributed by atoms with Crippen LogP contribution in [-0.2, 0) is 11.2 Å². The zero-order valence-corrected chi connectivity index (χ0v) is 13.5. The first-order chi connectivity index (χ1) is 10.3. The Morgan fingerprint density at radius 2 is 2.09 bits per heavy atom. The van der Waals surface area contributed by atoms with E-state index in [2.05, 4.69) is 40.0 Å². The summed E-state index contributed by atoms with van der Waals surface area (Å²) in [4.78, 5) is 14.9. The van der Waals surface area contributed by atoms with Crippen LogP contribution in [0.15, 0.2) is 30.5 Å². The monoisotopic (exact) mass is 321 g/mol. The Labute approximate surface area is 137 Å². The summed E-state index contributed by atoms with van der Waals surface area (Å²) in [6.45, 7) is 2.18. The van der Waals surface area contributed by atoms with Crippen LogP contribution in [0.1, 0.15) is 24.8 Å². The Hall–Kier alpha value is -1.52. The molecule has 3 rings (SSSR count). The Morgan fingerprint density at radius 3 is 2.91 bits per heavy atom. The van der Waals surface area contributed by atoms with E-state index in [-0.39, 0.29) is 18.3 Å². The van der Waals surface area contributed by atoms with Gasteiger partial charge in [0.25, 0.3) is 0 Å². The number of hydrogen-bond donors (Lipinski definition) is 3. The molecule has 5 heteroatoms. The molecule has 2 aromatic rings. The van der Waals surface area contributed by atoms with Crippen molar-refractivity contribution < 1.29 is 4.79 Å². The zero-order chi connectivity index (χ0) is 14.5. The highest BCUT2D eigenvalue weighted by molar-refractivity contribution is 5.85. The van der Waals surface area contributed by atoms with Crippen LogP contribution in [0.4, 0.5) is 0 Å². The van der Waals surface area contributed by atoms with Gasteiger partial charge in [-0.2, -0.15) is 0 Å². The number of carbonyl (C=O) groups is 1.